The van der Waals surface area contributed by atoms with Gasteiger partial charge in [-0.05, 0) is 18.6 Å². The lowest BCUT2D eigenvalue weighted by Gasteiger charge is -2.18. The number of nitrogens with zero attached hydrogens (tertiary/aromatic N) is 1. The number of benzene rings is 1. The van der Waals surface area contributed by atoms with Gasteiger partial charge in [-0.15, -0.1) is 0 Å². The van der Waals surface area contributed by atoms with E-state index in [1.165, 1.54) is 12.1 Å². The van der Waals surface area contributed by atoms with E-state index in [1.54, 1.807) is 6.92 Å². The van der Waals surface area contributed by atoms with E-state index in [-0.39, 0.29) is 18.6 Å². The zero-order chi connectivity index (χ0) is 15.1. The van der Waals surface area contributed by atoms with Gasteiger partial charge in [0.1, 0.15) is 11.9 Å². The van der Waals surface area contributed by atoms with E-state index in [1.807, 2.05) is 6.07 Å². The Hall–Kier alpha value is -1.97. The van der Waals surface area contributed by atoms with Crippen molar-refractivity contribution in [1.82, 2.24) is 0 Å². The lowest BCUT2D eigenvalue weighted by atomic mass is 9.99. The SMILES string of the molecule is CCOC(=O)CC(O)C(O)c1ccc(CC#N)cc1F. The molecule has 6 heteroatoms. The summed E-state index contributed by atoms with van der Waals surface area (Å²) >= 11 is 0. The maximum absolute atomic E-state index is 13.8. The Morgan fingerprint density at radius 2 is 2.20 bits per heavy atom. The lowest BCUT2D eigenvalue weighted by molar-refractivity contribution is -0.147. The van der Waals surface area contributed by atoms with E-state index in [0.717, 1.165) is 6.07 Å². The molecule has 1 rings (SSSR count). The summed E-state index contributed by atoms with van der Waals surface area (Å²) in [6, 6.07) is 5.79. The van der Waals surface area contributed by atoms with Crippen LogP contribution in [0.2, 0.25) is 0 Å². The van der Waals surface area contributed by atoms with Gasteiger partial charge < -0.3 is 14.9 Å². The number of carbonyl (C=O) groups excluding carboxylic acids is 1. The maximum Gasteiger partial charge on any atom is 0.308 e. The largest absolute Gasteiger partial charge is 0.466 e. The third-order valence-electron chi connectivity index (χ3n) is 2.71. The van der Waals surface area contributed by atoms with E-state index in [4.69, 9.17) is 5.26 Å². The molecule has 0 aromatic heterocycles. The summed E-state index contributed by atoms with van der Waals surface area (Å²) < 4.78 is 18.4. The highest BCUT2D eigenvalue weighted by atomic mass is 19.1. The Bertz CT molecular complexity index is 512. The monoisotopic (exact) mass is 281 g/mol. The van der Waals surface area contributed by atoms with Crippen LogP contribution in [0.4, 0.5) is 4.39 Å². The fourth-order valence-corrected chi connectivity index (χ4v) is 1.72. The highest BCUT2D eigenvalue weighted by molar-refractivity contribution is 5.70. The third-order valence-corrected chi connectivity index (χ3v) is 2.71. The van der Waals surface area contributed by atoms with Crippen LogP contribution in [0.15, 0.2) is 18.2 Å². The molecule has 0 aliphatic heterocycles. The summed E-state index contributed by atoms with van der Waals surface area (Å²) in [4.78, 5) is 11.2. The summed E-state index contributed by atoms with van der Waals surface area (Å²) in [5, 5.41) is 28.1. The average Bonchev–Trinajstić information content (AvgIpc) is 2.38. The van der Waals surface area contributed by atoms with Crippen molar-refractivity contribution in [2.24, 2.45) is 0 Å². The fourth-order valence-electron chi connectivity index (χ4n) is 1.72. The minimum absolute atomic E-state index is 0.0542. The minimum atomic E-state index is -1.53. The Kier molecular flexibility index (Phi) is 6.10. The van der Waals surface area contributed by atoms with E-state index in [9.17, 15) is 19.4 Å². The van der Waals surface area contributed by atoms with Crippen molar-refractivity contribution >= 4 is 5.97 Å². The molecule has 0 amide bonds. The van der Waals surface area contributed by atoms with Crippen LogP contribution in [0.3, 0.4) is 0 Å². The minimum Gasteiger partial charge on any atom is -0.466 e. The average molecular weight is 281 g/mol. The Morgan fingerprint density at radius 3 is 2.75 bits per heavy atom. The normalized spacial score (nSPS) is 13.3. The second-order valence-electron chi connectivity index (χ2n) is 4.21. The third kappa shape index (κ3) is 4.30. The molecule has 1 aromatic carbocycles. The van der Waals surface area contributed by atoms with E-state index < -0.39 is 30.4 Å². The molecule has 0 saturated carbocycles. The second-order valence-corrected chi connectivity index (χ2v) is 4.21. The van der Waals surface area contributed by atoms with Crippen molar-refractivity contribution in [3.63, 3.8) is 0 Å². The molecule has 2 atom stereocenters. The van der Waals surface area contributed by atoms with Gasteiger partial charge in [-0.2, -0.15) is 5.26 Å². The highest BCUT2D eigenvalue weighted by Gasteiger charge is 2.24. The summed E-state index contributed by atoms with van der Waals surface area (Å²) in [6.07, 6.45) is -3.35. The van der Waals surface area contributed by atoms with Gasteiger partial charge in [0, 0.05) is 5.56 Å². The Balaban J connectivity index is 2.78. The number of hydrogen-bond donors (Lipinski definition) is 2. The number of rotatable bonds is 6. The topological polar surface area (TPSA) is 90.6 Å². The van der Waals surface area contributed by atoms with Gasteiger partial charge in [0.05, 0.1) is 31.6 Å². The van der Waals surface area contributed by atoms with Crippen molar-refractivity contribution < 1.29 is 24.1 Å². The van der Waals surface area contributed by atoms with Crippen LogP contribution in [0, 0.1) is 17.1 Å². The standard InChI is InChI=1S/C14H16FNO4/c1-2-20-13(18)8-12(17)14(19)10-4-3-9(5-6-16)7-11(10)15/h3-4,7,12,14,17,19H,2,5,8H2,1H3. The molecule has 0 aliphatic rings. The molecule has 2 N–H and O–H groups in total. The van der Waals surface area contributed by atoms with E-state index in [0.29, 0.717) is 5.56 Å². The molecule has 0 heterocycles. The molecule has 1 aromatic rings. The van der Waals surface area contributed by atoms with Gasteiger partial charge in [-0.3, -0.25) is 4.79 Å². The number of ether oxygens (including phenoxy) is 1. The molecule has 2 unspecified atom stereocenters. The van der Waals surface area contributed by atoms with Crippen molar-refractivity contribution in [2.45, 2.75) is 32.0 Å². The van der Waals surface area contributed by atoms with Gasteiger partial charge in [0.25, 0.3) is 0 Å². The highest BCUT2D eigenvalue weighted by Crippen LogP contribution is 2.23. The fraction of sp³-hybridized carbons (Fsp3) is 0.429. The molecule has 0 spiro atoms. The van der Waals surface area contributed by atoms with Crippen LogP contribution in [-0.4, -0.2) is 28.9 Å². The van der Waals surface area contributed by atoms with E-state index in [2.05, 4.69) is 4.74 Å². The number of hydrogen-bond acceptors (Lipinski definition) is 5. The smallest absolute Gasteiger partial charge is 0.308 e. The van der Waals surface area contributed by atoms with Crippen LogP contribution in [0.25, 0.3) is 0 Å². The molecule has 20 heavy (non-hydrogen) atoms. The van der Waals surface area contributed by atoms with Gasteiger partial charge in [0.15, 0.2) is 0 Å². The number of nitriles is 1. The number of aliphatic hydroxyl groups is 2. The van der Waals surface area contributed by atoms with E-state index >= 15 is 0 Å². The lowest BCUT2D eigenvalue weighted by Crippen LogP contribution is -2.24. The first-order chi connectivity index (χ1) is 9.49. The van der Waals surface area contributed by atoms with Crippen molar-refractivity contribution in [3.8, 4) is 6.07 Å². The van der Waals surface area contributed by atoms with Gasteiger partial charge in [0.2, 0.25) is 0 Å². The van der Waals surface area contributed by atoms with Gasteiger partial charge >= 0.3 is 5.97 Å². The summed E-state index contributed by atoms with van der Waals surface area (Å²) in [6.45, 7) is 1.78. The number of aliphatic hydroxyl groups excluding tert-OH is 2. The van der Waals surface area contributed by atoms with Crippen LogP contribution in [-0.2, 0) is 16.0 Å². The van der Waals surface area contributed by atoms with Crippen molar-refractivity contribution in [2.75, 3.05) is 6.61 Å². The van der Waals surface area contributed by atoms with Crippen LogP contribution in [0.5, 0.6) is 0 Å². The summed E-state index contributed by atoms with van der Waals surface area (Å²) in [7, 11) is 0. The number of halogens is 1. The molecule has 0 fully saturated rings. The first-order valence-electron chi connectivity index (χ1n) is 6.16. The first-order valence-corrected chi connectivity index (χ1v) is 6.16. The maximum atomic E-state index is 13.8. The molecular formula is C14H16FNO4. The molecule has 0 aliphatic carbocycles. The Labute approximate surface area is 116 Å². The quantitative estimate of drug-likeness (QED) is 0.766. The van der Waals surface area contributed by atoms with Crippen molar-refractivity contribution in [3.05, 3.63) is 35.1 Å². The van der Waals surface area contributed by atoms with Crippen LogP contribution >= 0.6 is 0 Å². The Morgan fingerprint density at radius 1 is 1.50 bits per heavy atom. The predicted molar refractivity (Wildman–Crippen MR) is 67.9 cm³/mol. The number of esters is 1. The summed E-state index contributed by atoms with van der Waals surface area (Å²) in [5.74, 6) is -1.39. The molecule has 0 radical (unpaired) electrons. The molecule has 108 valence electrons. The number of carbonyl (C=O) groups is 1. The van der Waals surface area contributed by atoms with Crippen LogP contribution < -0.4 is 0 Å². The molecule has 0 bridgehead atoms. The summed E-state index contributed by atoms with van der Waals surface area (Å²) in [5.41, 5.74) is 0.351. The van der Waals surface area contributed by atoms with Gasteiger partial charge in [-0.25, -0.2) is 4.39 Å². The molecular weight excluding hydrogens is 265 g/mol. The second kappa shape index (κ2) is 7.58. The molecule has 0 saturated heterocycles. The first kappa shape index (κ1) is 16.1. The molecule has 5 nitrogen and oxygen atoms in total. The van der Waals surface area contributed by atoms with Crippen molar-refractivity contribution in [1.29, 1.82) is 5.26 Å². The zero-order valence-corrected chi connectivity index (χ0v) is 11.0. The van der Waals surface area contributed by atoms with Crippen LogP contribution in [0.1, 0.15) is 30.6 Å². The zero-order valence-electron chi connectivity index (χ0n) is 11.0. The predicted octanol–water partition coefficient (Wildman–Crippen LogP) is 1.24. The van der Waals surface area contributed by atoms with Gasteiger partial charge in [-0.1, -0.05) is 12.1 Å².